The smallest absolute Gasteiger partial charge is 0.115 e. The van der Waals surface area contributed by atoms with Crippen LogP contribution in [0.1, 0.15) is 25.0 Å². The Kier molecular flexibility index (Phi) is 5.43. The molecule has 0 aliphatic rings. The Bertz CT molecular complexity index is 454. The zero-order chi connectivity index (χ0) is 12.5. The fourth-order valence-corrected chi connectivity index (χ4v) is 1.92. The summed E-state index contributed by atoms with van der Waals surface area (Å²) in [5.41, 5.74) is 2.10. The van der Waals surface area contributed by atoms with E-state index in [-0.39, 0.29) is 68.3 Å². The van der Waals surface area contributed by atoms with Crippen molar-refractivity contribution in [1.29, 1.82) is 0 Å². The average molecular weight is 267 g/mol. The summed E-state index contributed by atoms with van der Waals surface area (Å²) in [6.45, 7) is 4.23. The van der Waals surface area contributed by atoms with Gasteiger partial charge in [0.25, 0.3) is 0 Å². The van der Waals surface area contributed by atoms with E-state index in [0.29, 0.717) is 0 Å². The van der Waals surface area contributed by atoms with Gasteiger partial charge in [-0.3, -0.25) is 0 Å². The minimum Gasteiger partial charge on any atom is -0.508 e. The number of aromatic hydroxyl groups is 2. The number of benzene rings is 2. The fourth-order valence-electron chi connectivity index (χ4n) is 1.92. The summed E-state index contributed by atoms with van der Waals surface area (Å²) in [5.74, 6) is 0.547. The summed E-state index contributed by atoms with van der Waals surface area (Å²) in [4.78, 5) is 0. The molecule has 0 bridgehead atoms. The van der Waals surface area contributed by atoms with Crippen molar-refractivity contribution in [3.8, 4) is 11.5 Å². The molecule has 0 atom stereocenters. The Hall–Kier alpha value is -0.324. The molecule has 2 N–H and O–H groups in total. The molecule has 2 aromatic rings. The van der Waals surface area contributed by atoms with Crippen molar-refractivity contribution in [2.45, 2.75) is 19.3 Å². The molecule has 0 heterocycles. The topological polar surface area (TPSA) is 40.5 Å². The predicted octanol–water partition coefficient (Wildman–Crippen LogP) is 3.04. The molecular formula is C15H16KO2. The van der Waals surface area contributed by atoms with E-state index in [2.05, 4.69) is 13.8 Å². The van der Waals surface area contributed by atoms with Gasteiger partial charge in [0.15, 0.2) is 0 Å². The molecule has 0 fully saturated rings. The van der Waals surface area contributed by atoms with E-state index in [0.717, 1.165) is 11.1 Å². The van der Waals surface area contributed by atoms with E-state index in [1.165, 1.54) is 0 Å². The van der Waals surface area contributed by atoms with Gasteiger partial charge in [0.1, 0.15) is 11.5 Å². The third kappa shape index (κ3) is 3.37. The number of hydrogen-bond acceptors (Lipinski definition) is 2. The van der Waals surface area contributed by atoms with E-state index in [1.54, 1.807) is 24.3 Å². The van der Waals surface area contributed by atoms with Gasteiger partial charge in [-0.2, -0.15) is 0 Å². The van der Waals surface area contributed by atoms with Crippen LogP contribution in [0.3, 0.4) is 0 Å². The molecule has 0 saturated carbocycles. The molecule has 0 spiro atoms. The first-order chi connectivity index (χ1) is 8.00. The normalized spacial score (nSPS) is 10.8. The molecular weight excluding hydrogens is 251 g/mol. The maximum atomic E-state index is 9.30. The SMILES string of the molecule is CC(C)(c1ccc(O)cc1)c1ccc(O)cc1.[K]. The summed E-state index contributed by atoms with van der Waals surface area (Å²) >= 11 is 0. The largest absolute Gasteiger partial charge is 0.508 e. The van der Waals surface area contributed by atoms with Crippen LogP contribution in [-0.4, -0.2) is 61.6 Å². The maximum absolute atomic E-state index is 9.30. The first-order valence-electron chi connectivity index (χ1n) is 5.59. The number of rotatable bonds is 2. The van der Waals surface area contributed by atoms with Crippen LogP contribution in [0.25, 0.3) is 0 Å². The first kappa shape index (κ1) is 15.7. The molecule has 2 nitrogen and oxygen atoms in total. The quantitative estimate of drug-likeness (QED) is 0.821. The minimum atomic E-state index is -0.151. The van der Waals surface area contributed by atoms with Crippen molar-refractivity contribution in [2.75, 3.05) is 0 Å². The maximum Gasteiger partial charge on any atom is 0.115 e. The molecule has 0 aliphatic heterocycles. The van der Waals surface area contributed by atoms with Gasteiger partial charge in [0.05, 0.1) is 0 Å². The monoisotopic (exact) mass is 267 g/mol. The van der Waals surface area contributed by atoms with Gasteiger partial charge >= 0.3 is 0 Å². The Morgan fingerprint density at radius 1 is 0.667 bits per heavy atom. The van der Waals surface area contributed by atoms with Crippen LogP contribution in [-0.2, 0) is 5.41 Å². The first-order valence-corrected chi connectivity index (χ1v) is 5.59. The molecule has 2 rings (SSSR count). The van der Waals surface area contributed by atoms with Crippen LogP contribution in [0.15, 0.2) is 48.5 Å². The molecule has 0 unspecified atom stereocenters. The Labute approximate surface area is 150 Å². The van der Waals surface area contributed by atoms with Crippen molar-refractivity contribution >= 4 is 51.4 Å². The zero-order valence-corrected chi connectivity index (χ0v) is 14.1. The van der Waals surface area contributed by atoms with Gasteiger partial charge in [-0.05, 0) is 35.4 Å². The van der Waals surface area contributed by atoms with Gasteiger partial charge in [-0.15, -0.1) is 0 Å². The van der Waals surface area contributed by atoms with Crippen molar-refractivity contribution < 1.29 is 10.2 Å². The minimum absolute atomic E-state index is 0. The fraction of sp³-hybridized carbons (Fsp3) is 0.200. The summed E-state index contributed by atoms with van der Waals surface area (Å²) in [5, 5.41) is 18.6. The van der Waals surface area contributed by atoms with Crippen LogP contribution in [0.2, 0.25) is 0 Å². The number of phenolic OH excluding ortho intramolecular Hbond substituents is 2. The molecule has 89 valence electrons. The van der Waals surface area contributed by atoms with E-state index in [1.807, 2.05) is 24.3 Å². The van der Waals surface area contributed by atoms with Crippen LogP contribution in [0.4, 0.5) is 0 Å². The Morgan fingerprint density at radius 3 is 1.22 bits per heavy atom. The second-order valence-electron chi connectivity index (χ2n) is 4.72. The van der Waals surface area contributed by atoms with Crippen LogP contribution in [0, 0.1) is 0 Å². The van der Waals surface area contributed by atoms with Gasteiger partial charge in [-0.1, -0.05) is 38.1 Å². The summed E-state index contributed by atoms with van der Waals surface area (Å²) in [6, 6.07) is 14.4. The third-order valence-corrected chi connectivity index (χ3v) is 3.18. The van der Waals surface area contributed by atoms with Crippen LogP contribution in [0.5, 0.6) is 11.5 Å². The van der Waals surface area contributed by atoms with E-state index >= 15 is 0 Å². The van der Waals surface area contributed by atoms with E-state index < -0.39 is 0 Å². The van der Waals surface area contributed by atoms with Crippen molar-refractivity contribution in [1.82, 2.24) is 0 Å². The number of hydrogen-bond donors (Lipinski definition) is 2. The predicted molar refractivity (Wildman–Crippen MR) is 74.1 cm³/mol. The Balaban J connectivity index is 0.00000162. The van der Waals surface area contributed by atoms with E-state index in [9.17, 15) is 10.2 Å². The molecule has 2 aromatic carbocycles. The molecule has 3 heteroatoms. The van der Waals surface area contributed by atoms with Crippen molar-refractivity contribution in [3.05, 3.63) is 59.7 Å². The van der Waals surface area contributed by atoms with E-state index in [4.69, 9.17) is 0 Å². The third-order valence-electron chi connectivity index (χ3n) is 3.18. The molecule has 0 aliphatic carbocycles. The molecule has 0 saturated heterocycles. The summed E-state index contributed by atoms with van der Waals surface area (Å²) in [6.07, 6.45) is 0. The second-order valence-corrected chi connectivity index (χ2v) is 4.72. The number of phenols is 2. The van der Waals surface area contributed by atoms with Crippen molar-refractivity contribution in [3.63, 3.8) is 0 Å². The second kappa shape index (κ2) is 6.22. The van der Waals surface area contributed by atoms with Crippen LogP contribution < -0.4 is 0 Å². The molecule has 1 radical (unpaired) electrons. The Morgan fingerprint density at radius 2 is 0.944 bits per heavy atom. The van der Waals surface area contributed by atoms with Gasteiger partial charge in [0.2, 0.25) is 0 Å². The molecule has 0 aromatic heterocycles. The van der Waals surface area contributed by atoms with Gasteiger partial charge in [0, 0.05) is 56.8 Å². The van der Waals surface area contributed by atoms with Crippen LogP contribution >= 0.6 is 0 Å². The van der Waals surface area contributed by atoms with Gasteiger partial charge < -0.3 is 10.2 Å². The standard InChI is InChI=1S/C15H16O2.K/c1-15(2,11-3-7-13(16)8-4-11)12-5-9-14(17)10-6-12;/h3-10,16-17H,1-2H3;. The van der Waals surface area contributed by atoms with Crippen molar-refractivity contribution in [2.24, 2.45) is 0 Å². The molecule has 18 heavy (non-hydrogen) atoms. The van der Waals surface area contributed by atoms with Gasteiger partial charge in [-0.25, -0.2) is 0 Å². The average Bonchev–Trinajstić information content (AvgIpc) is 2.30. The summed E-state index contributed by atoms with van der Waals surface area (Å²) in [7, 11) is 0. The zero-order valence-electron chi connectivity index (χ0n) is 11.0. The summed E-state index contributed by atoms with van der Waals surface area (Å²) < 4.78 is 0. The molecule has 0 amide bonds.